The summed E-state index contributed by atoms with van der Waals surface area (Å²) in [5.41, 5.74) is 5.21. The highest BCUT2D eigenvalue weighted by Crippen LogP contribution is 2.29. The van der Waals surface area contributed by atoms with E-state index in [1.54, 1.807) is 0 Å². The van der Waals surface area contributed by atoms with Crippen LogP contribution in [0.1, 0.15) is 6.23 Å². The predicted molar refractivity (Wildman–Crippen MR) is 62.0 cm³/mol. The van der Waals surface area contributed by atoms with Crippen molar-refractivity contribution < 1.29 is 25.3 Å². The Balaban J connectivity index is 2.46. The molecule has 1 aliphatic heterocycles. The first-order valence-corrected chi connectivity index (χ1v) is 5.72. The minimum atomic E-state index is -1.34. The van der Waals surface area contributed by atoms with Crippen LogP contribution in [0, 0.1) is 0 Å². The number of rotatable bonds is 2. The number of hydrogen-bond donors (Lipinski definition) is 5. The molecule has 2 heterocycles. The molecule has 1 aliphatic rings. The Kier molecular flexibility index (Phi) is 3.92. The third-order valence-electron chi connectivity index (χ3n) is 2.83. The average molecular weight is 293 g/mol. The first-order chi connectivity index (χ1) is 8.99. The van der Waals surface area contributed by atoms with E-state index in [-0.39, 0.29) is 16.5 Å². The molecule has 1 aromatic rings. The monoisotopic (exact) mass is 292 g/mol. The summed E-state index contributed by atoms with van der Waals surface area (Å²) < 4.78 is 6.37. The van der Waals surface area contributed by atoms with Crippen molar-refractivity contribution in [1.82, 2.24) is 9.55 Å². The van der Waals surface area contributed by atoms with Gasteiger partial charge in [0.2, 0.25) is 0 Å². The Labute approximate surface area is 112 Å². The van der Waals surface area contributed by atoms with Gasteiger partial charge in [0, 0.05) is 6.20 Å². The number of aliphatic hydroxyl groups is 3. The van der Waals surface area contributed by atoms with E-state index < -0.39 is 31.1 Å². The first kappa shape index (κ1) is 14.0. The van der Waals surface area contributed by atoms with E-state index in [4.69, 9.17) is 32.4 Å². The quantitative estimate of drug-likeness (QED) is 0.313. The van der Waals surface area contributed by atoms with Crippen LogP contribution in [0.25, 0.3) is 0 Å². The highest BCUT2D eigenvalue weighted by molar-refractivity contribution is 6.32. The number of anilines is 1. The summed E-state index contributed by atoms with van der Waals surface area (Å²) in [7, 11) is 0. The van der Waals surface area contributed by atoms with Crippen LogP contribution in [-0.2, 0) is 4.74 Å². The molecule has 1 fully saturated rings. The molecule has 2 rings (SSSR count). The van der Waals surface area contributed by atoms with Crippen molar-refractivity contribution in [3.63, 3.8) is 0 Å². The lowest BCUT2D eigenvalue weighted by Gasteiger charge is -2.18. The van der Waals surface area contributed by atoms with Crippen LogP contribution in [0.3, 0.4) is 0 Å². The topological polar surface area (TPSA) is 146 Å². The molecule has 0 aliphatic carbocycles. The number of hydrogen-bond acceptors (Lipinski definition) is 8. The van der Waals surface area contributed by atoms with Crippen molar-refractivity contribution in [2.75, 3.05) is 12.3 Å². The standard InChI is InChI=1S/C9H13ClN4O5/c10-3-1-14(9(13-18)12-7(3)11)8-6(17)5(16)4(2-15)19-8/h1,4-6,8,15-18H,2H2,(H2,11,12,13)/t4-,5-,6-,8-/m1/s1. The van der Waals surface area contributed by atoms with Gasteiger partial charge < -0.3 is 31.0 Å². The van der Waals surface area contributed by atoms with Gasteiger partial charge >= 0.3 is 0 Å². The van der Waals surface area contributed by atoms with Gasteiger partial charge in [-0.15, -0.1) is 0 Å². The lowest BCUT2D eigenvalue weighted by molar-refractivity contribution is -0.0560. The highest BCUT2D eigenvalue weighted by atomic mass is 35.5. The Hall–Kier alpha value is -1.39. The molecule has 9 nitrogen and oxygen atoms in total. The van der Waals surface area contributed by atoms with Crippen LogP contribution in [-0.4, -0.2) is 55.0 Å². The average Bonchev–Trinajstić information content (AvgIpc) is 2.69. The Morgan fingerprint density at radius 2 is 2.16 bits per heavy atom. The van der Waals surface area contributed by atoms with Crippen LogP contribution in [0.5, 0.6) is 0 Å². The molecular weight excluding hydrogens is 280 g/mol. The second kappa shape index (κ2) is 5.31. The molecule has 0 bridgehead atoms. The summed E-state index contributed by atoms with van der Waals surface area (Å²) in [6.07, 6.45) is -3.45. The van der Waals surface area contributed by atoms with Crippen LogP contribution in [0.2, 0.25) is 5.02 Å². The molecule has 4 atom stereocenters. The fraction of sp³-hybridized carbons (Fsp3) is 0.556. The van der Waals surface area contributed by atoms with E-state index in [9.17, 15) is 10.2 Å². The maximum Gasteiger partial charge on any atom is 0.270 e. The van der Waals surface area contributed by atoms with Crippen molar-refractivity contribution >= 4 is 17.4 Å². The van der Waals surface area contributed by atoms with Crippen LogP contribution in [0.15, 0.2) is 11.4 Å². The minimum absolute atomic E-state index is 0.0579. The molecule has 0 spiro atoms. The number of nitrogens with two attached hydrogens (primary N) is 1. The van der Waals surface area contributed by atoms with Gasteiger partial charge in [-0.3, -0.25) is 4.57 Å². The van der Waals surface area contributed by atoms with Gasteiger partial charge in [0.15, 0.2) is 6.23 Å². The number of aromatic nitrogens is 2. The van der Waals surface area contributed by atoms with Gasteiger partial charge in [0.1, 0.15) is 24.1 Å². The molecule has 0 radical (unpaired) electrons. The maximum atomic E-state index is 9.86. The Morgan fingerprint density at radius 1 is 1.47 bits per heavy atom. The van der Waals surface area contributed by atoms with Crippen LogP contribution < -0.4 is 11.4 Å². The SMILES string of the molecule is Nc1n/c(=N\O)n([C@@H]2O[C@H](CO)[C@@H](O)[C@H]2O)cc1Cl. The second-order valence-electron chi connectivity index (χ2n) is 4.01. The molecular formula is C9H13ClN4O5. The maximum absolute atomic E-state index is 9.86. The van der Waals surface area contributed by atoms with Crippen molar-refractivity contribution in [2.24, 2.45) is 5.16 Å². The van der Waals surface area contributed by atoms with Gasteiger partial charge in [-0.25, -0.2) is 0 Å². The molecule has 106 valence electrons. The molecule has 0 unspecified atom stereocenters. The number of nitrogens with zero attached hydrogens (tertiary/aromatic N) is 3. The summed E-state index contributed by atoms with van der Waals surface area (Å²) in [5.74, 6) is -0.0579. The van der Waals surface area contributed by atoms with Gasteiger partial charge in [-0.1, -0.05) is 11.6 Å². The third kappa shape index (κ3) is 2.38. The zero-order chi connectivity index (χ0) is 14.2. The van der Waals surface area contributed by atoms with Crippen LogP contribution in [0.4, 0.5) is 5.82 Å². The second-order valence-corrected chi connectivity index (χ2v) is 4.42. The first-order valence-electron chi connectivity index (χ1n) is 5.34. The Bertz CT molecular complexity index is 536. The zero-order valence-corrected chi connectivity index (χ0v) is 10.3. The summed E-state index contributed by atoms with van der Waals surface area (Å²) in [6, 6.07) is 0. The van der Waals surface area contributed by atoms with E-state index in [2.05, 4.69) is 10.1 Å². The molecule has 1 saturated heterocycles. The van der Waals surface area contributed by atoms with Crippen molar-refractivity contribution in [2.45, 2.75) is 24.5 Å². The third-order valence-corrected chi connectivity index (χ3v) is 3.12. The zero-order valence-electron chi connectivity index (χ0n) is 9.59. The summed E-state index contributed by atoms with van der Waals surface area (Å²) in [4.78, 5) is 3.70. The summed E-state index contributed by atoms with van der Waals surface area (Å²) in [5, 5.41) is 40.4. The summed E-state index contributed by atoms with van der Waals surface area (Å²) >= 11 is 5.79. The fourth-order valence-corrected chi connectivity index (χ4v) is 1.98. The lowest BCUT2D eigenvalue weighted by Crippen LogP contribution is -2.36. The van der Waals surface area contributed by atoms with E-state index in [0.29, 0.717) is 0 Å². The number of ether oxygens (including phenoxy) is 1. The normalized spacial score (nSPS) is 31.9. The molecule has 0 amide bonds. The van der Waals surface area contributed by atoms with Crippen molar-refractivity contribution in [1.29, 1.82) is 0 Å². The van der Waals surface area contributed by atoms with Gasteiger partial charge in [-0.2, -0.15) is 4.98 Å². The number of halogens is 1. The largest absolute Gasteiger partial charge is 0.408 e. The van der Waals surface area contributed by atoms with E-state index in [0.717, 1.165) is 4.57 Å². The van der Waals surface area contributed by atoms with E-state index in [1.165, 1.54) is 6.20 Å². The molecule has 10 heteroatoms. The van der Waals surface area contributed by atoms with Gasteiger partial charge in [-0.05, 0) is 5.16 Å². The number of nitrogen functional groups attached to an aromatic ring is 1. The Morgan fingerprint density at radius 3 is 2.68 bits per heavy atom. The highest BCUT2D eigenvalue weighted by Gasteiger charge is 2.43. The summed E-state index contributed by atoms with van der Waals surface area (Å²) in [6.45, 7) is -0.475. The predicted octanol–water partition coefficient (Wildman–Crippen LogP) is -1.98. The lowest BCUT2D eigenvalue weighted by atomic mass is 10.1. The molecule has 0 aromatic carbocycles. The van der Waals surface area contributed by atoms with Crippen molar-refractivity contribution in [3.05, 3.63) is 16.8 Å². The van der Waals surface area contributed by atoms with E-state index in [1.807, 2.05) is 0 Å². The van der Waals surface area contributed by atoms with Crippen LogP contribution >= 0.6 is 11.6 Å². The molecule has 1 aromatic heterocycles. The molecule has 6 N–H and O–H groups in total. The van der Waals surface area contributed by atoms with Gasteiger partial charge in [0.25, 0.3) is 5.62 Å². The number of aliphatic hydroxyl groups excluding tert-OH is 3. The van der Waals surface area contributed by atoms with Gasteiger partial charge in [0.05, 0.1) is 11.6 Å². The minimum Gasteiger partial charge on any atom is -0.408 e. The fourth-order valence-electron chi connectivity index (χ4n) is 1.84. The molecule has 19 heavy (non-hydrogen) atoms. The van der Waals surface area contributed by atoms with Crippen molar-refractivity contribution in [3.8, 4) is 0 Å². The smallest absolute Gasteiger partial charge is 0.270 e. The van der Waals surface area contributed by atoms with E-state index >= 15 is 0 Å². The molecule has 0 saturated carbocycles.